The van der Waals surface area contributed by atoms with Crippen LogP contribution >= 0.6 is 11.6 Å². The number of hydrogen-bond donors (Lipinski definition) is 2. The van der Waals surface area contributed by atoms with Crippen molar-refractivity contribution in [2.24, 2.45) is 0 Å². The molecule has 1 fully saturated rings. The predicted molar refractivity (Wildman–Crippen MR) is 92.0 cm³/mol. The van der Waals surface area contributed by atoms with Gasteiger partial charge in [-0.25, -0.2) is 9.78 Å². The molecule has 1 aromatic rings. The van der Waals surface area contributed by atoms with Crippen molar-refractivity contribution < 1.29 is 9.53 Å². The second kappa shape index (κ2) is 8.74. The number of ether oxygens (including phenoxy) is 1. The number of anilines is 1. The molecular formula is C16H23ClN4O2. The van der Waals surface area contributed by atoms with Crippen molar-refractivity contribution >= 4 is 23.4 Å². The van der Waals surface area contributed by atoms with E-state index in [2.05, 4.69) is 27.1 Å². The van der Waals surface area contributed by atoms with Crippen molar-refractivity contribution in [3.63, 3.8) is 0 Å². The summed E-state index contributed by atoms with van der Waals surface area (Å²) < 4.78 is 5.33. The van der Waals surface area contributed by atoms with E-state index >= 15 is 0 Å². The molecule has 1 aliphatic heterocycles. The summed E-state index contributed by atoms with van der Waals surface area (Å²) >= 11 is 6.15. The van der Waals surface area contributed by atoms with Crippen molar-refractivity contribution in [3.05, 3.63) is 35.5 Å². The summed E-state index contributed by atoms with van der Waals surface area (Å²) in [6.07, 6.45) is 2.59. The van der Waals surface area contributed by atoms with Crippen LogP contribution in [0, 0.1) is 0 Å². The first kappa shape index (κ1) is 17.6. The van der Waals surface area contributed by atoms with E-state index in [0.29, 0.717) is 31.3 Å². The highest BCUT2D eigenvalue weighted by Crippen LogP contribution is 2.25. The van der Waals surface area contributed by atoms with Gasteiger partial charge in [-0.05, 0) is 25.5 Å². The monoisotopic (exact) mass is 338 g/mol. The topological polar surface area (TPSA) is 66.5 Å². The Bertz CT molecular complexity index is 553. The molecule has 1 saturated heterocycles. The number of pyridine rings is 1. The maximum absolute atomic E-state index is 11.9. The van der Waals surface area contributed by atoms with Crippen LogP contribution in [-0.4, -0.2) is 49.9 Å². The molecule has 0 aromatic carbocycles. The third-order valence-electron chi connectivity index (χ3n) is 3.44. The van der Waals surface area contributed by atoms with Gasteiger partial charge >= 0.3 is 6.03 Å². The number of amides is 2. The van der Waals surface area contributed by atoms with Gasteiger partial charge in [0.2, 0.25) is 0 Å². The molecule has 2 N–H and O–H groups in total. The van der Waals surface area contributed by atoms with Gasteiger partial charge in [0.15, 0.2) is 0 Å². The van der Waals surface area contributed by atoms with Crippen LogP contribution in [-0.2, 0) is 4.74 Å². The van der Waals surface area contributed by atoms with Crippen molar-refractivity contribution in [1.82, 2.24) is 15.6 Å². The van der Waals surface area contributed by atoms with E-state index in [1.807, 2.05) is 13.0 Å². The SMILES string of the molecule is C=C(C)COCCNC(=O)N[C@H]1CCN(c2ncccc2Cl)C1. The Morgan fingerprint density at radius 2 is 2.43 bits per heavy atom. The average Bonchev–Trinajstić information content (AvgIpc) is 2.95. The molecule has 1 aliphatic rings. The van der Waals surface area contributed by atoms with Crippen molar-refractivity contribution in [2.75, 3.05) is 37.7 Å². The van der Waals surface area contributed by atoms with Gasteiger partial charge in [-0.1, -0.05) is 23.8 Å². The first-order chi connectivity index (χ1) is 11.1. The van der Waals surface area contributed by atoms with Gasteiger partial charge in [0.25, 0.3) is 0 Å². The summed E-state index contributed by atoms with van der Waals surface area (Å²) in [4.78, 5) is 18.2. The number of rotatable bonds is 7. The summed E-state index contributed by atoms with van der Waals surface area (Å²) in [5, 5.41) is 6.38. The minimum Gasteiger partial charge on any atom is -0.375 e. The summed E-state index contributed by atoms with van der Waals surface area (Å²) in [7, 11) is 0. The fourth-order valence-electron chi connectivity index (χ4n) is 2.40. The summed E-state index contributed by atoms with van der Waals surface area (Å²) in [6.45, 7) is 8.65. The normalized spacial score (nSPS) is 17.1. The molecule has 0 bridgehead atoms. The lowest BCUT2D eigenvalue weighted by atomic mass is 10.3. The zero-order valence-electron chi connectivity index (χ0n) is 13.3. The van der Waals surface area contributed by atoms with E-state index in [4.69, 9.17) is 16.3 Å². The van der Waals surface area contributed by atoms with Crippen LogP contribution in [0.25, 0.3) is 0 Å². The lowest BCUT2D eigenvalue weighted by Crippen LogP contribution is -2.44. The van der Waals surface area contributed by atoms with E-state index in [0.717, 1.165) is 24.4 Å². The zero-order valence-corrected chi connectivity index (χ0v) is 14.1. The van der Waals surface area contributed by atoms with E-state index in [9.17, 15) is 4.79 Å². The highest BCUT2D eigenvalue weighted by Gasteiger charge is 2.25. The molecule has 126 valence electrons. The Balaban J connectivity index is 1.68. The van der Waals surface area contributed by atoms with Crippen LogP contribution in [0.3, 0.4) is 0 Å². The molecule has 2 rings (SSSR count). The van der Waals surface area contributed by atoms with Gasteiger partial charge in [0.05, 0.1) is 18.2 Å². The Hall–Kier alpha value is -1.79. The van der Waals surface area contributed by atoms with Gasteiger partial charge in [-0.3, -0.25) is 0 Å². The first-order valence-corrected chi connectivity index (χ1v) is 8.06. The summed E-state index contributed by atoms with van der Waals surface area (Å²) in [5.41, 5.74) is 0.966. The number of carbonyl (C=O) groups is 1. The number of nitrogens with one attached hydrogen (secondary N) is 2. The molecule has 0 unspecified atom stereocenters. The van der Waals surface area contributed by atoms with Gasteiger partial charge in [-0.15, -0.1) is 0 Å². The van der Waals surface area contributed by atoms with Crippen LogP contribution in [0.5, 0.6) is 0 Å². The quantitative estimate of drug-likeness (QED) is 0.591. The largest absolute Gasteiger partial charge is 0.375 e. The van der Waals surface area contributed by atoms with Crippen molar-refractivity contribution in [1.29, 1.82) is 0 Å². The third-order valence-corrected chi connectivity index (χ3v) is 3.74. The number of hydrogen-bond acceptors (Lipinski definition) is 4. The minimum atomic E-state index is -0.178. The lowest BCUT2D eigenvalue weighted by molar-refractivity contribution is 0.157. The predicted octanol–water partition coefficient (Wildman–Crippen LogP) is 2.21. The smallest absolute Gasteiger partial charge is 0.315 e. The van der Waals surface area contributed by atoms with Crippen LogP contribution < -0.4 is 15.5 Å². The Morgan fingerprint density at radius 1 is 1.61 bits per heavy atom. The van der Waals surface area contributed by atoms with E-state index in [1.54, 1.807) is 12.3 Å². The summed E-state index contributed by atoms with van der Waals surface area (Å²) in [6, 6.07) is 3.54. The van der Waals surface area contributed by atoms with Gasteiger partial charge in [-0.2, -0.15) is 0 Å². The zero-order chi connectivity index (χ0) is 16.7. The maximum atomic E-state index is 11.9. The molecule has 2 amide bonds. The maximum Gasteiger partial charge on any atom is 0.315 e. The first-order valence-electron chi connectivity index (χ1n) is 7.68. The van der Waals surface area contributed by atoms with Crippen LogP contribution in [0.2, 0.25) is 5.02 Å². The molecule has 2 heterocycles. The van der Waals surface area contributed by atoms with Gasteiger partial charge < -0.3 is 20.3 Å². The van der Waals surface area contributed by atoms with E-state index in [1.165, 1.54) is 0 Å². The lowest BCUT2D eigenvalue weighted by Gasteiger charge is -2.19. The molecule has 1 aromatic heterocycles. The van der Waals surface area contributed by atoms with Crippen LogP contribution in [0.15, 0.2) is 30.5 Å². The molecule has 0 saturated carbocycles. The van der Waals surface area contributed by atoms with E-state index < -0.39 is 0 Å². The minimum absolute atomic E-state index is 0.0874. The second-order valence-electron chi connectivity index (χ2n) is 5.65. The fraction of sp³-hybridized carbons (Fsp3) is 0.500. The van der Waals surface area contributed by atoms with Crippen molar-refractivity contribution in [3.8, 4) is 0 Å². The standard InChI is InChI=1S/C16H23ClN4O2/c1-12(2)11-23-9-7-19-16(22)20-13-5-8-21(10-13)15-14(17)4-3-6-18-15/h3-4,6,13H,1,5,7-11H2,2H3,(H2,19,20,22)/t13-/m0/s1. The number of aromatic nitrogens is 1. The molecule has 0 aliphatic carbocycles. The van der Waals surface area contributed by atoms with E-state index in [-0.39, 0.29) is 12.1 Å². The summed E-state index contributed by atoms with van der Waals surface area (Å²) in [5.74, 6) is 0.770. The number of halogens is 1. The highest BCUT2D eigenvalue weighted by atomic mass is 35.5. The Kier molecular flexibility index (Phi) is 6.67. The van der Waals surface area contributed by atoms with Crippen LogP contribution in [0.1, 0.15) is 13.3 Å². The molecule has 1 atom stereocenters. The second-order valence-corrected chi connectivity index (χ2v) is 6.06. The van der Waals surface area contributed by atoms with Gasteiger partial charge in [0, 0.05) is 31.9 Å². The molecular weight excluding hydrogens is 316 g/mol. The third kappa shape index (κ3) is 5.73. The molecule has 7 heteroatoms. The Labute approximate surface area is 141 Å². The molecule has 23 heavy (non-hydrogen) atoms. The number of urea groups is 1. The molecule has 0 radical (unpaired) electrons. The van der Waals surface area contributed by atoms with Crippen LogP contribution in [0.4, 0.5) is 10.6 Å². The molecule has 6 nitrogen and oxygen atoms in total. The van der Waals surface area contributed by atoms with Gasteiger partial charge in [0.1, 0.15) is 5.82 Å². The highest BCUT2D eigenvalue weighted by molar-refractivity contribution is 6.32. The fourth-order valence-corrected chi connectivity index (χ4v) is 2.64. The Morgan fingerprint density at radius 3 is 3.17 bits per heavy atom. The number of nitrogens with zero attached hydrogens (tertiary/aromatic N) is 2. The molecule has 0 spiro atoms. The average molecular weight is 339 g/mol. The van der Waals surface area contributed by atoms with Crippen molar-refractivity contribution in [2.45, 2.75) is 19.4 Å². The number of carbonyl (C=O) groups excluding carboxylic acids is 1.